The Hall–Kier alpha value is -0.680. The predicted octanol–water partition coefficient (Wildman–Crippen LogP) is 5.09. The second kappa shape index (κ2) is 7.97. The third-order valence-electron chi connectivity index (χ3n) is 8.43. The molecule has 0 amide bonds. The van der Waals surface area contributed by atoms with Crippen molar-refractivity contribution in [2.45, 2.75) is 75.5 Å². The molecule has 1 aromatic rings. The van der Waals surface area contributed by atoms with Gasteiger partial charge in [-0.1, -0.05) is 43.9 Å². The Balaban J connectivity index is 1.67. The molecule has 172 valence electrons. The monoisotopic (exact) mass is 465 g/mol. The molecule has 2 aliphatic heterocycles. The van der Waals surface area contributed by atoms with Crippen LogP contribution < -0.4 is 4.44 Å². The molecule has 0 N–H and O–H groups in total. The zero-order valence-corrected chi connectivity index (χ0v) is 21.1. The highest BCUT2D eigenvalue weighted by atomic mass is 31.2. The summed E-state index contributed by atoms with van der Waals surface area (Å²) in [6, 6.07) is 10.9. The molecule has 2 aliphatic carbocycles. The summed E-state index contributed by atoms with van der Waals surface area (Å²) in [5.41, 5.74) is 0.795. The van der Waals surface area contributed by atoms with Crippen molar-refractivity contribution in [2.75, 3.05) is 32.6 Å². The Morgan fingerprint density at radius 1 is 0.645 bits per heavy atom. The van der Waals surface area contributed by atoms with Crippen molar-refractivity contribution in [3.8, 4) is 0 Å². The molecule has 4 fully saturated rings. The van der Waals surface area contributed by atoms with Gasteiger partial charge in [0.15, 0.2) is 0 Å². The van der Waals surface area contributed by atoms with Gasteiger partial charge in [0.25, 0.3) is 0 Å². The molecule has 2 saturated carbocycles. The van der Waals surface area contributed by atoms with Crippen LogP contribution in [0.25, 0.3) is 0 Å². The number of benzene rings is 1. The highest BCUT2D eigenvalue weighted by molar-refractivity contribution is 7.79. The fraction of sp³-hybridized carbons (Fsp3) is 0.727. The van der Waals surface area contributed by atoms with Crippen molar-refractivity contribution in [1.82, 2.24) is 18.7 Å². The average Bonchev–Trinajstić information content (AvgIpc) is 3.12. The molecule has 5 rings (SSSR count). The van der Waals surface area contributed by atoms with Crippen LogP contribution in [0.4, 0.5) is 5.69 Å². The summed E-state index contributed by atoms with van der Waals surface area (Å²) in [5.74, 6) is 0. The maximum atomic E-state index is 15.2. The molecule has 31 heavy (non-hydrogen) atoms. The summed E-state index contributed by atoms with van der Waals surface area (Å²) in [6.07, 6.45) is 8.91. The number of fused-ring (bicyclic) bond motifs is 2. The van der Waals surface area contributed by atoms with E-state index in [-0.39, 0.29) is 24.2 Å². The summed E-state index contributed by atoms with van der Waals surface area (Å²) in [5, 5.41) is 0. The summed E-state index contributed by atoms with van der Waals surface area (Å²) < 4.78 is 40.6. The van der Waals surface area contributed by atoms with Gasteiger partial charge < -0.3 is 0 Å². The van der Waals surface area contributed by atoms with Gasteiger partial charge in [-0.3, -0.25) is 9.13 Å². The number of anilines is 1. The van der Waals surface area contributed by atoms with Gasteiger partial charge in [-0.15, -0.1) is 0 Å². The highest BCUT2D eigenvalue weighted by Crippen LogP contribution is 2.78. The zero-order chi connectivity index (χ0) is 22.0. The van der Waals surface area contributed by atoms with Crippen molar-refractivity contribution in [2.24, 2.45) is 0 Å². The smallest absolute Gasteiger partial charge is 0.263 e. The lowest BCUT2D eigenvalue weighted by atomic mass is 9.91. The molecule has 0 bridgehead atoms. The van der Waals surface area contributed by atoms with Crippen LogP contribution in [0.2, 0.25) is 0 Å². The van der Waals surface area contributed by atoms with E-state index >= 15 is 9.13 Å². The molecule has 1 aromatic carbocycles. The molecule has 0 unspecified atom stereocenters. The van der Waals surface area contributed by atoms with Gasteiger partial charge in [-0.2, -0.15) is 0 Å². The first kappa shape index (κ1) is 22.1. The van der Waals surface area contributed by atoms with Gasteiger partial charge in [0, 0.05) is 24.2 Å². The van der Waals surface area contributed by atoms with Crippen LogP contribution in [-0.4, -0.2) is 71.0 Å². The number of hydrogen-bond donors (Lipinski definition) is 0. The fourth-order valence-corrected chi connectivity index (χ4v) is 14.9. The number of nitrogens with zero attached hydrogens (tertiary/aromatic N) is 5. The summed E-state index contributed by atoms with van der Waals surface area (Å²) in [6.45, 7) is 0. The number of hydrogen-bond acceptors (Lipinski definition) is 2. The van der Waals surface area contributed by atoms with Crippen LogP contribution in [0.15, 0.2) is 30.3 Å². The Kier molecular flexibility index (Phi) is 5.69. The summed E-state index contributed by atoms with van der Waals surface area (Å²) >= 11 is 0. The molecule has 4 atom stereocenters. The van der Waals surface area contributed by atoms with Gasteiger partial charge in [0.05, 0.1) is 5.69 Å². The third-order valence-corrected chi connectivity index (χ3v) is 15.8. The molecular weight excluding hydrogens is 428 g/mol. The molecule has 7 nitrogen and oxygen atoms in total. The Labute approximate surface area is 187 Å². The first-order valence-corrected chi connectivity index (χ1v) is 15.0. The molecule has 4 aliphatic rings. The van der Waals surface area contributed by atoms with E-state index in [2.05, 4.69) is 18.7 Å². The molecule has 0 radical (unpaired) electrons. The van der Waals surface area contributed by atoms with E-state index in [0.717, 1.165) is 31.4 Å². The van der Waals surface area contributed by atoms with E-state index in [1.807, 2.05) is 63.0 Å². The van der Waals surface area contributed by atoms with Crippen LogP contribution in [0.3, 0.4) is 0 Å². The quantitative estimate of drug-likeness (QED) is 0.577. The molecule has 0 spiro atoms. The first-order chi connectivity index (χ1) is 14.8. The lowest BCUT2D eigenvalue weighted by Gasteiger charge is -2.45. The molecule has 0 aromatic heterocycles. The summed E-state index contributed by atoms with van der Waals surface area (Å²) in [4.78, 5) is 0. The number of rotatable bonds is 3. The van der Waals surface area contributed by atoms with Crippen LogP contribution in [0.1, 0.15) is 51.4 Å². The Morgan fingerprint density at radius 3 is 1.29 bits per heavy atom. The van der Waals surface area contributed by atoms with E-state index in [9.17, 15) is 0 Å². The maximum Gasteiger partial charge on any atom is 0.318 e. The zero-order valence-electron chi connectivity index (χ0n) is 19.3. The normalized spacial score (nSPS) is 36.3. The molecule has 2 saturated heterocycles. The highest BCUT2D eigenvalue weighted by Gasteiger charge is 2.64. The van der Waals surface area contributed by atoms with Crippen LogP contribution in [0, 0.1) is 0 Å². The lowest BCUT2D eigenvalue weighted by molar-refractivity contribution is 0.233. The molecule has 2 heterocycles. The second-order valence-corrected chi connectivity index (χ2v) is 15.5. The van der Waals surface area contributed by atoms with E-state index < -0.39 is 15.2 Å². The van der Waals surface area contributed by atoms with E-state index in [1.54, 1.807) is 0 Å². The average molecular weight is 466 g/mol. The maximum absolute atomic E-state index is 15.2. The fourth-order valence-electron chi connectivity index (χ4n) is 6.69. The van der Waals surface area contributed by atoms with Crippen molar-refractivity contribution < 1.29 is 9.13 Å². The predicted molar refractivity (Wildman–Crippen MR) is 127 cm³/mol. The lowest BCUT2D eigenvalue weighted by Crippen LogP contribution is -2.37. The van der Waals surface area contributed by atoms with E-state index in [4.69, 9.17) is 0 Å². The topological polar surface area (TPSA) is 50.3 Å². The van der Waals surface area contributed by atoms with Crippen LogP contribution >= 0.6 is 15.2 Å². The van der Waals surface area contributed by atoms with Gasteiger partial charge in [0.2, 0.25) is 0 Å². The molecule has 9 heteroatoms. The Morgan fingerprint density at radius 2 is 0.968 bits per heavy atom. The van der Waals surface area contributed by atoms with Gasteiger partial charge in [0.1, 0.15) is 0 Å². The van der Waals surface area contributed by atoms with Gasteiger partial charge in [-0.25, -0.2) is 23.1 Å². The molecular formula is C22H37N5O2P2. The van der Waals surface area contributed by atoms with Crippen molar-refractivity contribution in [1.29, 1.82) is 0 Å². The van der Waals surface area contributed by atoms with Crippen LogP contribution in [-0.2, 0) is 9.13 Å². The van der Waals surface area contributed by atoms with Crippen molar-refractivity contribution in [3.05, 3.63) is 30.3 Å². The van der Waals surface area contributed by atoms with E-state index in [0.29, 0.717) is 0 Å². The second-order valence-electron chi connectivity index (χ2n) is 9.78. The Bertz CT molecular complexity index is 816. The van der Waals surface area contributed by atoms with E-state index in [1.165, 1.54) is 25.7 Å². The minimum absolute atomic E-state index is 0.253. The van der Waals surface area contributed by atoms with Gasteiger partial charge >= 0.3 is 15.2 Å². The first-order valence-electron chi connectivity index (χ1n) is 11.8. The van der Waals surface area contributed by atoms with Gasteiger partial charge in [-0.05, 0) is 66.0 Å². The minimum atomic E-state index is -3.28. The van der Waals surface area contributed by atoms with Crippen molar-refractivity contribution >= 4 is 20.9 Å². The van der Waals surface area contributed by atoms with Crippen molar-refractivity contribution in [3.63, 3.8) is 0 Å². The third kappa shape index (κ3) is 3.01. The minimum Gasteiger partial charge on any atom is -0.263 e. The largest absolute Gasteiger partial charge is 0.318 e. The standard InChI is InChI=1S/C22H37N5O2P2/c1-23-19-14-8-9-15-20(19)24(2)30(23,28)27(18-12-6-5-7-13-18)31(29)25(3)21-16-10-11-17-22(21)26(31)4/h5-7,12-13,19-22H,8-11,14-17H2,1-4H3/t19-,20-,21-,22-/m1/s1. The summed E-state index contributed by atoms with van der Waals surface area (Å²) in [7, 11) is 1.44. The number of likely N-dealkylation sites (N-methyl/N-ethyl adjacent to an activating group) is 4. The van der Waals surface area contributed by atoms with Crippen LogP contribution in [0.5, 0.6) is 0 Å². The SMILES string of the molecule is CN1[C@@H]2CCCC[C@H]2N(C)P1(=O)N(c1ccccc1)P1(=O)N(C)[C@@H]2CCCC[C@H]2N1C. The number of para-hydroxylation sites is 1.